The van der Waals surface area contributed by atoms with Gasteiger partial charge in [-0.15, -0.1) is 0 Å². The molecule has 174 valence electrons. The molecule has 2 amide bonds. The average Bonchev–Trinajstić information content (AvgIpc) is 3.04. The highest BCUT2D eigenvalue weighted by Gasteiger charge is 2.40. The molecule has 1 N–H and O–H groups in total. The molecule has 0 aromatic heterocycles. The summed E-state index contributed by atoms with van der Waals surface area (Å²) in [4.78, 5) is 30.7. The van der Waals surface area contributed by atoms with Gasteiger partial charge < -0.3 is 14.8 Å². The van der Waals surface area contributed by atoms with E-state index in [1.807, 2.05) is 63.2 Å². The third kappa shape index (κ3) is 4.94. The van der Waals surface area contributed by atoms with E-state index in [2.05, 4.69) is 10.2 Å². The third-order valence-corrected chi connectivity index (χ3v) is 6.01. The summed E-state index contributed by atoms with van der Waals surface area (Å²) in [5.74, 6) is 0.0608. The van der Waals surface area contributed by atoms with Gasteiger partial charge in [0.15, 0.2) is 0 Å². The fourth-order valence-corrected chi connectivity index (χ4v) is 4.29. The lowest BCUT2D eigenvalue weighted by Gasteiger charge is -2.28. The van der Waals surface area contributed by atoms with Crippen LogP contribution in [0.25, 0.3) is 5.57 Å². The Labute approximate surface area is 195 Å². The number of amides is 2. The Kier molecular flexibility index (Phi) is 7.11. The van der Waals surface area contributed by atoms with Crippen LogP contribution in [0, 0.1) is 13.8 Å². The normalized spacial score (nSPS) is 17.1. The molecule has 4 rings (SSSR count). The first-order chi connectivity index (χ1) is 16.0. The van der Waals surface area contributed by atoms with Crippen LogP contribution in [0.2, 0.25) is 0 Å². The number of ether oxygens (including phenoxy) is 2. The van der Waals surface area contributed by atoms with Gasteiger partial charge in [0.25, 0.3) is 11.8 Å². The van der Waals surface area contributed by atoms with Crippen LogP contribution in [0.3, 0.4) is 0 Å². The number of anilines is 1. The lowest BCUT2D eigenvalue weighted by atomic mass is 9.97. The summed E-state index contributed by atoms with van der Waals surface area (Å²) in [5, 5.41) is 3.24. The molecule has 0 saturated carbocycles. The molecule has 2 aromatic rings. The van der Waals surface area contributed by atoms with Crippen molar-refractivity contribution in [1.82, 2.24) is 9.80 Å². The number of imide groups is 1. The van der Waals surface area contributed by atoms with E-state index in [4.69, 9.17) is 9.47 Å². The summed E-state index contributed by atoms with van der Waals surface area (Å²) < 4.78 is 11.1. The quantitative estimate of drug-likeness (QED) is 0.624. The van der Waals surface area contributed by atoms with Crippen LogP contribution in [0.4, 0.5) is 5.69 Å². The van der Waals surface area contributed by atoms with E-state index >= 15 is 0 Å². The first kappa shape index (κ1) is 23.0. The Morgan fingerprint density at radius 3 is 2.48 bits per heavy atom. The number of morpholine rings is 1. The SMILES string of the molecule is CCOc1ccccc1NC1=C(c2ccc(C)cc2C)C(=O)N(CCN2CCOCC2)C1=O. The number of nitrogens with zero attached hydrogens (tertiary/aromatic N) is 2. The molecule has 2 aromatic carbocycles. The maximum Gasteiger partial charge on any atom is 0.278 e. The van der Waals surface area contributed by atoms with E-state index in [9.17, 15) is 9.59 Å². The van der Waals surface area contributed by atoms with Crippen LogP contribution in [0.1, 0.15) is 23.6 Å². The van der Waals surface area contributed by atoms with Crippen molar-refractivity contribution >= 4 is 23.1 Å². The van der Waals surface area contributed by atoms with Crippen LogP contribution in [0.5, 0.6) is 5.75 Å². The van der Waals surface area contributed by atoms with Crippen LogP contribution < -0.4 is 10.1 Å². The van der Waals surface area contributed by atoms with E-state index in [1.54, 1.807) is 0 Å². The van der Waals surface area contributed by atoms with Gasteiger partial charge in [0, 0.05) is 26.2 Å². The minimum absolute atomic E-state index is 0.267. The molecule has 33 heavy (non-hydrogen) atoms. The van der Waals surface area contributed by atoms with Gasteiger partial charge in [-0.3, -0.25) is 19.4 Å². The van der Waals surface area contributed by atoms with Crippen molar-refractivity contribution in [2.24, 2.45) is 0 Å². The fourth-order valence-electron chi connectivity index (χ4n) is 4.29. The van der Waals surface area contributed by atoms with Gasteiger partial charge in [-0.1, -0.05) is 35.9 Å². The van der Waals surface area contributed by atoms with Gasteiger partial charge in [0.2, 0.25) is 0 Å². The summed E-state index contributed by atoms with van der Waals surface area (Å²) in [5.41, 5.74) is 4.19. The molecule has 0 atom stereocenters. The second kappa shape index (κ2) is 10.2. The minimum Gasteiger partial charge on any atom is -0.492 e. The maximum absolute atomic E-state index is 13.6. The average molecular weight is 450 g/mol. The second-order valence-electron chi connectivity index (χ2n) is 8.34. The van der Waals surface area contributed by atoms with Crippen molar-refractivity contribution in [3.8, 4) is 5.75 Å². The number of carbonyl (C=O) groups is 2. The molecule has 7 heteroatoms. The van der Waals surface area contributed by atoms with Gasteiger partial charge in [0.1, 0.15) is 11.4 Å². The van der Waals surface area contributed by atoms with Crippen LogP contribution >= 0.6 is 0 Å². The predicted octanol–water partition coefficient (Wildman–Crippen LogP) is 3.23. The smallest absolute Gasteiger partial charge is 0.278 e. The van der Waals surface area contributed by atoms with E-state index in [0.29, 0.717) is 55.6 Å². The summed E-state index contributed by atoms with van der Waals surface area (Å²) in [6.45, 7) is 10.3. The van der Waals surface area contributed by atoms with E-state index < -0.39 is 0 Å². The number of carbonyl (C=O) groups excluding carboxylic acids is 2. The topological polar surface area (TPSA) is 71.1 Å². The van der Waals surface area contributed by atoms with Crippen LogP contribution in [0.15, 0.2) is 48.2 Å². The van der Waals surface area contributed by atoms with E-state index in [-0.39, 0.29) is 11.8 Å². The Bertz CT molecular complexity index is 1070. The molecule has 0 bridgehead atoms. The molecular weight excluding hydrogens is 418 g/mol. The molecule has 1 fully saturated rings. The highest BCUT2D eigenvalue weighted by atomic mass is 16.5. The molecule has 2 aliphatic rings. The zero-order valence-electron chi connectivity index (χ0n) is 19.5. The Morgan fingerprint density at radius 2 is 1.76 bits per heavy atom. The molecule has 0 aliphatic carbocycles. The van der Waals surface area contributed by atoms with Crippen molar-refractivity contribution < 1.29 is 19.1 Å². The lowest BCUT2D eigenvalue weighted by Crippen LogP contribution is -2.43. The molecule has 2 aliphatic heterocycles. The number of hydrogen-bond acceptors (Lipinski definition) is 6. The van der Waals surface area contributed by atoms with Crippen LogP contribution in [-0.2, 0) is 14.3 Å². The van der Waals surface area contributed by atoms with Gasteiger partial charge in [-0.05, 0) is 44.0 Å². The third-order valence-electron chi connectivity index (χ3n) is 6.01. The molecule has 1 saturated heterocycles. The van der Waals surface area contributed by atoms with Crippen molar-refractivity contribution in [3.63, 3.8) is 0 Å². The first-order valence-corrected chi connectivity index (χ1v) is 11.5. The van der Waals surface area contributed by atoms with Gasteiger partial charge in [0.05, 0.1) is 31.1 Å². The summed E-state index contributed by atoms with van der Waals surface area (Å²) in [7, 11) is 0. The number of aryl methyl sites for hydroxylation is 2. The fraction of sp³-hybridized carbons (Fsp3) is 0.385. The summed E-state index contributed by atoms with van der Waals surface area (Å²) >= 11 is 0. The van der Waals surface area contributed by atoms with Crippen molar-refractivity contribution in [2.45, 2.75) is 20.8 Å². The largest absolute Gasteiger partial charge is 0.492 e. The molecule has 2 heterocycles. The molecule has 0 spiro atoms. The maximum atomic E-state index is 13.6. The van der Waals surface area contributed by atoms with E-state index in [1.165, 1.54) is 4.90 Å². The highest BCUT2D eigenvalue weighted by molar-refractivity contribution is 6.36. The number of benzene rings is 2. The Morgan fingerprint density at radius 1 is 1.00 bits per heavy atom. The molecular formula is C26H31N3O4. The second-order valence-corrected chi connectivity index (χ2v) is 8.34. The molecule has 0 radical (unpaired) electrons. The Hall–Kier alpha value is -3.16. The van der Waals surface area contributed by atoms with E-state index in [0.717, 1.165) is 29.8 Å². The minimum atomic E-state index is -0.311. The van der Waals surface area contributed by atoms with Crippen LogP contribution in [-0.4, -0.2) is 67.6 Å². The number of nitrogens with one attached hydrogen (secondary N) is 1. The standard InChI is InChI=1S/C26H31N3O4/c1-4-33-22-8-6-5-7-21(22)27-24-23(20-10-9-18(2)17-19(20)3)25(30)29(26(24)31)12-11-28-13-15-32-16-14-28/h5-10,17,27H,4,11-16H2,1-3H3. The monoisotopic (exact) mass is 449 g/mol. The molecule has 0 unspecified atom stereocenters. The van der Waals surface area contributed by atoms with Crippen molar-refractivity contribution in [3.05, 3.63) is 64.9 Å². The zero-order chi connectivity index (χ0) is 23.4. The van der Waals surface area contributed by atoms with Gasteiger partial charge >= 0.3 is 0 Å². The first-order valence-electron chi connectivity index (χ1n) is 11.5. The van der Waals surface area contributed by atoms with Gasteiger partial charge in [-0.25, -0.2) is 0 Å². The zero-order valence-corrected chi connectivity index (χ0v) is 19.5. The predicted molar refractivity (Wildman–Crippen MR) is 128 cm³/mol. The highest BCUT2D eigenvalue weighted by Crippen LogP contribution is 2.34. The number of para-hydroxylation sites is 2. The number of hydrogen-bond donors (Lipinski definition) is 1. The Balaban J connectivity index is 1.68. The summed E-state index contributed by atoms with van der Waals surface area (Å²) in [6, 6.07) is 13.4. The number of rotatable bonds is 8. The van der Waals surface area contributed by atoms with Crippen molar-refractivity contribution in [1.29, 1.82) is 0 Å². The van der Waals surface area contributed by atoms with Gasteiger partial charge in [-0.2, -0.15) is 0 Å². The summed E-state index contributed by atoms with van der Waals surface area (Å²) in [6.07, 6.45) is 0. The molecule has 7 nitrogen and oxygen atoms in total. The lowest BCUT2D eigenvalue weighted by molar-refractivity contribution is -0.137. The van der Waals surface area contributed by atoms with Crippen molar-refractivity contribution in [2.75, 3.05) is 51.3 Å².